The summed E-state index contributed by atoms with van der Waals surface area (Å²) in [7, 11) is 0. The first-order valence-electron chi connectivity index (χ1n) is 11.7. The summed E-state index contributed by atoms with van der Waals surface area (Å²) >= 11 is 0. The molecule has 0 aromatic heterocycles. The Labute approximate surface area is 172 Å². The summed E-state index contributed by atoms with van der Waals surface area (Å²) in [5.41, 5.74) is 3.18. The molecule has 1 aliphatic rings. The van der Waals surface area contributed by atoms with Gasteiger partial charge in [-0.15, -0.1) is 0 Å². The first kappa shape index (κ1) is 20.9. The highest BCUT2D eigenvalue weighted by Gasteiger charge is 2.18. The molecule has 3 aromatic carbocycles. The third-order valence-electron chi connectivity index (χ3n) is 6.38. The summed E-state index contributed by atoms with van der Waals surface area (Å²) in [4.78, 5) is 0. The summed E-state index contributed by atoms with van der Waals surface area (Å²) < 4.78 is 0. The van der Waals surface area contributed by atoms with Crippen LogP contribution in [-0.4, -0.2) is 0 Å². The molecule has 0 heterocycles. The smallest absolute Gasteiger partial charge is 0.0102 e. The van der Waals surface area contributed by atoms with E-state index < -0.39 is 0 Å². The van der Waals surface area contributed by atoms with Crippen LogP contribution in [0.5, 0.6) is 0 Å². The van der Waals surface area contributed by atoms with Gasteiger partial charge in [0.2, 0.25) is 0 Å². The fourth-order valence-corrected chi connectivity index (χ4v) is 4.68. The second-order valence-electron chi connectivity index (χ2n) is 8.58. The lowest BCUT2D eigenvalue weighted by Gasteiger charge is -2.24. The number of rotatable bonds is 6. The SMILES string of the molecule is CC1CCCc2c1ccc1c2ccc2ccccc21.CCCCCCCCC. The predicted molar refractivity (Wildman–Crippen MR) is 126 cm³/mol. The van der Waals surface area contributed by atoms with E-state index in [1.165, 1.54) is 85.8 Å². The van der Waals surface area contributed by atoms with Gasteiger partial charge in [-0.25, -0.2) is 0 Å². The van der Waals surface area contributed by atoms with Gasteiger partial charge in [-0.2, -0.15) is 0 Å². The highest BCUT2D eigenvalue weighted by Crippen LogP contribution is 2.37. The molecule has 0 saturated heterocycles. The van der Waals surface area contributed by atoms with E-state index >= 15 is 0 Å². The minimum atomic E-state index is 0.722. The average molecular weight is 375 g/mol. The fraction of sp³-hybridized carbons (Fsp3) is 0.500. The van der Waals surface area contributed by atoms with Crippen LogP contribution in [0.2, 0.25) is 0 Å². The molecule has 150 valence electrons. The highest BCUT2D eigenvalue weighted by atomic mass is 14.2. The highest BCUT2D eigenvalue weighted by molar-refractivity contribution is 6.08. The van der Waals surface area contributed by atoms with Crippen molar-refractivity contribution in [1.29, 1.82) is 0 Å². The van der Waals surface area contributed by atoms with Crippen molar-refractivity contribution >= 4 is 21.5 Å². The van der Waals surface area contributed by atoms with Gasteiger partial charge in [0.25, 0.3) is 0 Å². The first-order chi connectivity index (χ1) is 13.8. The van der Waals surface area contributed by atoms with Gasteiger partial charge in [-0.3, -0.25) is 0 Å². The molecular weight excluding hydrogens is 336 g/mol. The van der Waals surface area contributed by atoms with E-state index in [1.54, 1.807) is 11.1 Å². The largest absolute Gasteiger partial charge is 0.0654 e. The summed E-state index contributed by atoms with van der Waals surface area (Å²) in [6.45, 7) is 6.89. The molecule has 0 N–H and O–H groups in total. The summed E-state index contributed by atoms with van der Waals surface area (Å²) in [6.07, 6.45) is 13.9. The van der Waals surface area contributed by atoms with Crippen LogP contribution in [0, 0.1) is 0 Å². The van der Waals surface area contributed by atoms with Crippen molar-refractivity contribution in [3.05, 3.63) is 59.7 Å². The van der Waals surface area contributed by atoms with Crippen molar-refractivity contribution in [3.8, 4) is 0 Å². The fourth-order valence-electron chi connectivity index (χ4n) is 4.68. The van der Waals surface area contributed by atoms with Gasteiger partial charge in [-0.1, -0.05) is 114 Å². The van der Waals surface area contributed by atoms with E-state index in [0.717, 1.165) is 5.92 Å². The zero-order chi connectivity index (χ0) is 19.8. The number of fused-ring (bicyclic) bond motifs is 5. The van der Waals surface area contributed by atoms with Crippen LogP contribution >= 0.6 is 0 Å². The van der Waals surface area contributed by atoms with Gasteiger partial charge in [0.15, 0.2) is 0 Å². The van der Waals surface area contributed by atoms with E-state index in [0.29, 0.717) is 0 Å². The molecule has 0 saturated carbocycles. The van der Waals surface area contributed by atoms with E-state index in [9.17, 15) is 0 Å². The van der Waals surface area contributed by atoms with Gasteiger partial charge in [0, 0.05) is 0 Å². The zero-order valence-corrected chi connectivity index (χ0v) is 18.3. The van der Waals surface area contributed by atoms with Crippen molar-refractivity contribution in [3.63, 3.8) is 0 Å². The van der Waals surface area contributed by atoms with Gasteiger partial charge in [0.05, 0.1) is 0 Å². The van der Waals surface area contributed by atoms with Crippen molar-refractivity contribution in [2.24, 2.45) is 0 Å². The van der Waals surface area contributed by atoms with Gasteiger partial charge in [-0.05, 0) is 57.9 Å². The molecular formula is C28H38. The van der Waals surface area contributed by atoms with Crippen LogP contribution in [0.4, 0.5) is 0 Å². The lowest BCUT2D eigenvalue weighted by atomic mass is 9.81. The van der Waals surface area contributed by atoms with Crippen LogP contribution < -0.4 is 0 Å². The van der Waals surface area contributed by atoms with Crippen LogP contribution in [0.15, 0.2) is 48.5 Å². The van der Waals surface area contributed by atoms with Gasteiger partial charge < -0.3 is 0 Å². The van der Waals surface area contributed by atoms with Gasteiger partial charge >= 0.3 is 0 Å². The topological polar surface area (TPSA) is 0 Å². The molecule has 0 spiro atoms. The van der Waals surface area contributed by atoms with Crippen LogP contribution in [0.25, 0.3) is 21.5 Å². The zero-order valence-electron chi connectivity index (χ0n) is 18.3. The Morgan fingerprint density at radius 3 is 2.14 bits per heavy atom. The molecule has 1 atom stereocenters. The molecule has 0 aliphatic heterocycles. The normalized spacial score (nSPS) is 15.9. The number of aryl methyl sites for hydroxylation is 1. The number of unbranched alkanes of at least 4 members (excludes halogenated alkanes) is 6. The van der Waals surface area contributed by atoms with E-state index in [1.807, 2.05) is 0 Å². The Bertz CT molecular complexity index is 868. The summed E-state index contributed by atoms with van der Waals surface area (Å²) in [5.74, 6) is 0.722. The Hall–Kier alpha value is -1.82. The Morgan fingerprint density at radius 1 is 0.714 bits per heavy atom. The molecule has 0 bridgehead atoms. The maximum absolute atomic E-state index is 2.37. The second kappa shape index (κ2) is 10.6. The summed E-state index contributed by atoms with van der Waals surface area (Å²) in [5, 5.41) is 5.63. The third kappa shape index (κ3) is 4.96. The second-order valence-corrected chi connectivity index (χ2v) is 8.58. The Balaban J connectivity index is 0.000000215. The van der Waals surface area contributed by atoms with Gasteiger partial charge in [0.1, 0.15) is 0 Å². The third-order valence-corrected chi connectivity index (χ3v) is 6.38. The lowest BCUT2D eigenvalue weighted by molar-refractivity contribution is 0.593. The molecule has 0 amide bonds. The van der Waals surface area contributed by atoms with Crippen molar-refractivity contribution < 1.29 is 0 Å². The predicted octanol–water partition coefficient (Wildman–Crippen LogP) is 9.19. The summed E-state index contributed by atoms with van der Waals surface area (Å²) in [6, 6.07) is 18.0. The van der Waals surface area contributed by atoms with Crippen LogP contribution in [-0.2, 0) is 6.42 Å². The monoisotopic (exact) mass is 374 g/mol. The quantitative estimate of drug-likeness (QED) is 0.298. The molecule has 0 heteroatoms. The van der Waals surface area contributed by atoms with Crippen molar-refractivity contribution in [2.45, 2.75) is 90.9 Å². The lowest BCUT2D eigenvalue weighted by Crippen LogP contribution is -2.07. The molecule has 0 fully saturated rings. The standard InChI is InChI=1S/C19H18.C9H20/c1-13-5-4-8-17-15(13)11-12-18-16-7-3-2-6-14(16)9-10-19(17)18;1-3-5-7-9-8-6-4-2/h2-3,6-7,9-13H,4-5,8H2,1H3;3-9H2,1-2H3. The van der Waals surface area contributed by atoms with E-state index in [4.69, 9.17) is 0 Å². The first-order valence-corrected chi connectivity index (χ1v) is 11.7. The van der Waals surface area contributed by atoms with Crippen molar-refractivity contribution in [1.82, 2.24) is 0 Å². The molecule has 3 aromatic rings. The Morgan fingerprint density at radius 2 is 1.39 bits per heavy atom. The van der Waals surface area contributed by atoms with E-state index in [2.05, 4.69) is 69.3 Å². The molecule has 1 aliphatic carbocycles. The maximum atomic E-state index is 2.37. The number of benzene rings is 3. The Kier molecular flexibility index (Phi) is 7.95. The van der Waals surface area contributed by atoms with Crippen LogP contribution in [0.1, 0.15) is 95.6 Å². The van der Waals surface area contributed by atoms with Crippen LogP contribution in [0.3, 0.4) is 0 Å². The number of hydrogen-bond acceptors (Lipinski definition) is 0. The number of hydrogen-bond donors (Lipinski definition) is 0. The molecule has 0 radical (unpaired) electrons. The maximum Gasteiger partial charge on any atom is -0.0102 e. The minimum absolute atomic E-state index is 0.722. The minimum Gasteiger partial charge on any atom is -0.0654 e. The van der Waals surface area contributed by atoms with E-state index in [-0.39, 0.29) is 0 Å². The molecule has 4 rings (SSSR count). The molecule has 0 nitrogen and oxygen atoms in total. The average Bonchev–Trinajstić information content (AvgIpc) is 2.74. The molecule has 1 unspecified atom stereocenters. The molecule has 28 heavy (non-hydrogen) atoms. The van der Waals surface area contributed by atoms with Crippen molar-refractivity contribution in [2.75, 3.05) is 0 Å².